The first kappa shape index (κ1) is 22.0. The number of aromatic nitrogens is 1. The normalized spacial score (nSPS) is 18.4. The number of aromatic hydroxyl groups is 1. The number of nitrogens with one attached hydrogen (secondary N) is 1. The molecule has 5 rings (SSSR count). The molecular formula is C28H34N2O3. The number of benzene rings is 2. The molecule has 3 aromatic rings. The van der Waals surface area contributed by atoms with Crippen LogP contribution in [0.3, 0.4) is 0 Å². The van der Waals surface area contributed by atoms with Gasteiger partial charge in [0.25, 0.3) is 0 Å². The molecule has 1 aliphatic heterocycles. The Kier molecular flexibility index (Phi) is 5.28. The predicted molar refractivity (Wildman–Crippen MR) is 132 cm³/mol. The fourth-order valence-electron chi connectivity index (χ4n) is 5.16. The van der Waals surface area contributed by atoms with Crippen molar-refractivity contribution in [3.8, 4) is 5.75 Å². The molecule has 33 heavy (non-hydrogen) atoms. The second kappa shape index (κ2) is 7.91. The maximum absolute atomic E-state index is 13.3. The van der Waals surface area contributed by atoms with Crippen molar-refractivity contribution >= 4 is 22.5 Å². The average Bonchev–Trinajstić information content (AvgIpc) is 3.50. The molecule has 1 amide bonds. The third kappa shape index (κ3) is 3.93. The van der Waals surface area contributed by atoms with Crippen LogP contribution in [0.2, 0.25) is 0 Å². The van der Waals surface area contributed by atoms with Crippen LogP contribution in [0.15, 0.2) is 42.5 Å². The largest absolute Gasteiger partial charge is 0.508 e. The minimum absolute atomic E-state index is 0.00464. The van der Waals surface area contributed by atoms with Gasteiger partial charge in [-0.15, -0.1) is 0 Å². The van der Waals surface area contributed by atoms with Gasteiger partial charge in [0.05, 0.1) is 5.41 Å². The molecule has 0 unspecified atom stereocenters. The Morgan fingerprint density at radius 3 is 2.45 bits per heavy atom. The molecule has 2 N–H and O–H groups in total. The number of rotatable bonds is 4. The van der Waals surface area contributed by atoms with Crippen LogP contribution in [0.1, 0.15) is 69.3 Å². The summed E-state index contributed by atoms with van der Waals surface area (Å²) in [5.41, 5.74) is 4.56. The standard InChI is InChI=1S/C28H34N2O3/c1-18-5-6-20(17-24(18)31)28(11-12-28)26(32)29-21-7-8-23-19(15-21)16-25(27(2,3)4)30(23)22-9-13-33-14-10-22/h5-8,15-17,22,31H,9-14H2,1-4H3,(H,29,32). The summed E-state index contributed by atoms with van der Waals surface area (Å²) >= 11 is 0. The van der Waals surface area contributed by atoms with Gasteiger partial charge >= 0.3 is 0 Å². The van der Waals surface area contributed by atoms with Gasteiger partial charge in [-0.05, 0) is 74.1 Å². The van der Waals surface area contributed by atoms with E-state index in [2.05, 4.69) is 48.9 Å². The van der Waals surface area contributed by atoms with E-state index >= 15 is 0 Å². The molecule has 1 aromatic heterocycles. The van der Waals surface area contributed by atoms with E-state index in [-0.39, 0.29) is 17.1 Å². The topological polar surface area (TPSA) is 63.5 Å². The van der Waals surface area contributed by atoms with E-state index in [0.717, 1.165) is 61.1 Å². The van der Waals surface area contributed by atoms with Gasteiger partial charge in [0, 0.05) is 47.0 Å². The monoisotopic (exact) mass is 446 g/mol. The highest BCUT2D eigenvalue weighted by Gasteiger charge is 2.51. The van der Waals surface area contributed by atoms with Crippen LogP contribution in [0.5, 0.6) is 5.75 Å². The quantitative estimate of drug-likeness (QED) is 0.519. The lowest BCUT2D eigenvalue weighted by Crippen LogP contribution is -2.27. The molecule has 2 fully saturated rings. The van der Waals surface area contributed by atoms with E-state index in [9.17, 15) is 9.90 Å². The molecule has 0 radical (unpaired) electrons. The lowest BCUT2D eigenvalue weighted by atomic mass is 9.91. The van der Waals surface area contributed by atoms with Gasteiger partial charge in [0.2, 0.25) is 5.91 Å². The fraction of sp³-hybridized carbons (Fsp3) is 0.464. The summed E-state index contributed by atoms with van der Waals surface area (Å²) in [4.78, 5) is 13.3. The number of hydrogen-bond acceptors (Lipinski definition) is 3. The number of anilines is 1. The average molecular weight is 447 g/mol. The molecule has 1 aliphatic carbocycles. The van der Waals surface area contributed by atoms with Gasteiger partial charge in [-0.25, -0.2) is 0 Å². The zero-order valence-electron chi connectivity index (χ0n) is 20.1. The molecule has 2 heterocycles. The van der Waals surface area contributed by atoms with Crippen LogP contribution >= 0.6 is 0 Å². The summed E-state index contributed by atoms with van der Waals surface area (Å²) in [5, 5.41) is 14.5. The molecule has 2 aromatic carbocycles. The number of ether oxygens (including phenoxy) is 1. The second-order valence-electron chi connectivity index (χ2n) is 10.8. The van der Waals surface area contributed by atoms with Gasteiger partial charge in [-0.2, -0.15) is 0 Å². The molecule has 0 spiro atoms. The molecule has 1 saturated carbocycles. The Labute approximate surface area is 195 Å². The molecule has 5 nitrogen and oxygen atoms in total. The minimum Gasteiger partial charge on any atom is -0.508 e. The van der Waals surface area contributed by atoms with Crippen molar-refractivity contribution in [2.45, 2.75) is 70.3 Å². The molecule has 2 aliphatic rings. The van der Waals surface area contributed by atoms with Crippen LogP contribution in [0, 0.1) is 6.92 Å². The van der Waals surface area contributed by atoms with E-state index in [4.69, 9.17) is 4.74 Å². The number of carbonyl (C=O) groups excluding carboxylic acids is 1. The number of fused-ring (bicyclic) bond motifs is 1. The van der Waals surface area contributed by atoms with Crippen molar-refractivity contribution in [2.24, 2.45) is 0 Å². The molecule has 0 bridgehead atoms. The fourth-order valence-corrected chi connectivity index (χ4v) is 5.16. The summed E-state index contributed by atoms with van der Waals surface area (Å²) in [6, 6.07) is 14.6. The van der Waals surface area contributed by atoms with Crippen molar-refractivity contribution < 1.29 is 14.6 Å². The van der Waals surface area contributed by atoms with Gasteiger partial charge < -0.3 is 19.7 Å². The highest BCUT2D eigenvalue weighted by Crippen LogP contribution is 2.50. The molecular weight excluding hydrogens is 412 g/mol. The van der Waals surface area contributed by atoms with Gasteiger partial charge in [-0.1, -0.05) is 32.9 Å². The predicted octanol–water partition coefficient (Wildman–Crippen LogP) is 5.97. The first-order valence-corrected chi connectivity index (χ1v) is 12.0. The first-order chi connectivity index (χ1) is 15.7. The van der Waals surface area contributed by atoms with Crippen LogP contribution in [0.25, 0.3) is 10.9 Å². The molecule has 1 saturated heterocycles. The zero-order chi connectivity index (χ0) is 23.4. The molecule has 0 atom stereocenters. The van der Waals surface area contributed by atoms with E-state index < -0.39 is 5.41 Å². The van der Waals surface area contributed by atoms with E-state index in [1.54, 1.807) is 6.07 Å². The third-order valence-electron chi connectivity index (χ3n) is 7.37. The third-order valence-corrected chi connectivity index (χ3v) is 7.37. The van der Waals surface area contributed by atoms with E-state index in [1.165, 1.54) is 11.2 Å². The summed E-state index contributed by atoms with van der Waals surface area (Å²) in [6.45, 7) is 10.2. The van der Waals surface area contributed by atoms with Crippen LogP contribution in [0.4, 0.5) is 5.69 Å². The van der Waals surface area contributed by atoms with Gasteiger partial charge in [-0.3, -0.25) is 4.79 Å². The number of carbonyl (C=O) groups is 1. The number of hydrogen-bond donors (Lipinski definition) is 2. The highest BCUT2D eigenvalue weighted by atomic mass is 16.5. The van der Waals surface area contributed by atoms with E-state index in [0.29, 0.717) is 6.04 Å². The maximum Gasteiger partial charge on any atom is 0.235 e. The Balaban J connectivity index is 1.46. The van der Waals surface area contributed by atoms with Crippen molar-refractivity contribution in [2.75, 3.05) is 18.5 Å². The summed E-state index contributed by atoms with van der Waals surface area (Å²) in [7, 11) is 0. The van der Waals surface area contributed by atoms with Gasteiger partial charge in [0.15, 0.2) is 0 Å². The molecule has 174 valence electrons. The number of phenolic OH excluding ortho intramolecular Hbond substituents is 1. The van der Waals surface area contributed by atoms with Gasteiger partial charge in [0.1, 0.15) is 5.75 Å². The van der Waals surface area contributed by atoms with E-state index in [1.807, 2.05) is 25.1 Å². The summed E-state index contributed by atoms with van der Waals surface area (Å²) in [5.74, 6) is 0.252. The number of amides is 1. The summed E-state index contributed by atoms with van der Waals surface area (Å²) in [6.07, 6.45) is 3.66. The smallest absolute Gasteiger partial charge is 0.235 e. The number of phenols is 1. The maximum atomic E-state index is 13.3. The second-order valence-corrected chi connectivity index (χ2v) is 10.8. The van der Waals surface area contributed by atoms with Crippen LogP contribution < -0.4 is 5.32 Å². The summed E-state index contributed by atoms with van der Waals surface area (Å²) < 4.78 is 8.11. The first-order valence-electron chi connectivity index (χ1n) is 12.0. The van der Waals surface area contributed by atoms with Crippen molar-refractivity contribution in [3.05, 3.63) is 59.3 Å². The number of aryl methyl sites for hydroxylation is 1. The molecule has 5 heteroatoms. The SMILES string of the molecule is Cc1ccc(C2(C(=O)Nc3ccc4c(c3)cc(C(C)(C)C)n4C3CCOCC3)CC2)cc1O. The zero-order valence-corrected chi connectivity index (χ0v) is 20.1. The Bertz CT molecular complexity index is 1210. The minimum atomic E-state index is -0.537. The Morgan fingerprint density at radius 2 is 1.82 bits per heavy atom. The highest BCUT2D eigenvalue weighted by molar-refractivity contribution is 6.02. The lowest BCUT2D eigenvalue weighted by Gasteiger charge is -2.30. The van der Waals surface area contributed by atoms with Crippen LogP contribution in [-0.2, 0) is 20.4 Å². The number of nitrogens with zero attached hydrogens (tertiary/aromatic N) is 1. The van der Waals surface area contributed by atoms with Crippen molar-refractivity contribution in [1.82, 2.24) is 4.57 Å². The lowest BCUT2D eigenvalue weighted by molar-refractivity contribution is -0.118. The van der Waals surface area contributed by atoms with Crippen LogP contribution in [-0.4, -0.2) is 28.8 Å². The Morgan fingerprint density at radius 1 is 1.09 bits per heavy atom. The van der Waals surface area contributed by atoms with Crippen molar-refractivity contribution in [3.63, 3.8) is 0 Å². The Hall–Kier alpha value is -2.79. The van der Waals surface area contributed by atoms with Crippen molar-refractivity contribution in [1.29, 1.82) is 0 Å².